The van der Waals surface area contributed by atoms with Crippen molar-refractivity contribution < 1.29 is 8.42 Å². The largest absolute Gasteiger partial charge is 0.243 e. The van der Waals surface area contributed by atoms with E-state index in [4.69, 9.17) is 16.9 Å². The molecular formula is C13H15ClN2O2S. The molecule has 0 saturated carbocycles. The van der Waals surface area contributed by atoms with Crippen molar-refractivity contribution in [1.29, 1.82) is 5.26 Å². The van der Waals surface area contributed by atoms with Crippen LogP contribution in [0.1, 0.15) is 19.8 Å². The highest BCUT2D eigenvalue weighted by Crippen LogP contribution is 2.32. The maximum Gasteiger partial charge on any atom is 0.243 e. The second kappa shape index (κ2) is 5.12. The second-order valence-corrected chi connectivity index (χ2v) is 7.41. The monoisotopic (exact) mass is 298 g/mol. The van der Waals surface area contributed by atoms with Crippen molar-refractivity contribution in [3.05, 3.63) is 29.3 Å². The Bertz CT molecular complexity index is 614. The van der Waals surface area contributed by atoms with Crippen LogP contribution in [-0.4, -0.2) is 25.8 Å². The molecule has 1 heterocycles. The molecule has 0 unspecified atom stereocenters. The number of piperidine rings is 1. The number of halogens is 1. The maximum absolute atomic E-state index is 12.4. The molecule has 6 heteroatoms. The van der Waals surface area contributed by atoms with Gasteiger partial charge in [0.25, 0.3) is 0 Å². The van der Waals surface area contributed by atoms with Gasteiger partial charge in [0.1, 0.15) is 0 Å². The number of benzene rings is 1. The summed E-state index contributed by atoms with van der Waals surface area (Å²) in [6.45, 7) is 2.62. The van der Waals surface area contributed by atoms with Crippen molar-refractivity contribution in [2.45, 2.75) is 24.7 Å². The molecule has 1 aromatic carbocycles. The Balaban J connectivity index is 2.22. The van der Waals surface area contributed by atoms with E-state index in [9.17, 15) is 8.42 Å². The minimum atomic E-state index is -3.50. The second-order valence-electron chi connectivity index (χ2n) is 5.03. The molecule has 1 aliphatic heterocycles. The lowest BCUT2D eigenvalue weighted by Crippen LogP contribution is -2.41. The predicted molar refractivity (Wildman–Crippen MR) is 73.2 cm³/mol. The average molecular weight is 299 g/mol. The molecule has 1 fully saturated rings. The van der Waals surface area contributed by atoms with Gasteiger partial charge in [-0.05, 0) is 38.0 Å². The first-order valence-electron chi connectivity index (χ1n) is 6.04. The van der Waals surface area contributed by atoms with Crippen LogP contribution in [0.4, 0.5) is 0 Å². The molecule has 0 radical (unpaired) electrons. The molecule has 1 aromatic rings. The summed E-state index contributed by atoms with van der Waals surface area (Å²) in [5.41, 5.74) is -0.416. The molecule has 1 saturated heterocycles. The van der Waals surface area contributed by atoms with Crippen LogP contribution >= 0.6 is 11.6 Å². The van der Waals surface area contributed by atoms with Gasteiger partial charge in [0, 0.05) is 18.1 Å². The molecule has 0 aromatic heterocycles. The molecule has 0 aliphatic carbocycles. The van der Waals surface area contributed by atoms with Gasteiger partial charge in [-0.1, -0.05) is 17.7 Å². The van der Waals surface area contributed by atoms with Crippen molar-refractivity contribution in [3.8, 4) is 6.07 Å². The van der Waals surface area contributed by atoms with E-state index in [2.05, 4.69) is 6.07 Å². The Kier molecular flexibility index (Phi) is 3.86. The maximum atomic E-state index is 12.4. The summed E-state index contributed by atoms with van der Waals surface area (Å²) >= 11 is 5.83. The van der Waals surface area contributed by atoms with Crippen molar-refractivity contribution in [2.24, 2.45) is 5.41 Å². The molecule has 0 N–H and O–H groups in total. The number of hydrogen-bond donors (Lipinski definition) is 0. The topological polar surface area (TPSA) is 61.2 Å². The van der Waals surface area contributed by atoms with Crippen LogP contribution in [0.25, 0.3) is 0 Å². The molecule has 0 atom stereocenters. The van der Waals surface area contributed by atoms with E-state index in [1.54, 1.807) is 18.2 Å². The Morgan fingerprint density at radius 1 is 1.37 bits per heavy atom. The lowest BCUT2D eigenvalue weighted by molar-refractivity contribution is 0.232. The van der Waals surface area contributed by atoms with Crippen LogP contribution in [0.2, 0.25) is 5.02 Å². The van der Waals surface area contributed by atoms with E-state index in [0.717, 1.165) is 0 Å². The van der Waals surface area contributed by atoms with Crippen molar-refractivity contribution >= 4 is 21.6 Å². The lowest BCUT2D eigenvalue weighted by atomic mass is 9.83. The lowest BCUT2D eigenvalue weighted by Gasteiger charge is -2.34. The van der Waals surface area contributed by atoms with E-state index in [1.165, 1.54) is 10.4 Å². The zero-order chi connectivity index (χ0) is 14.1. The number of nitriles is 1. The zero-order valence-electron chi connectivity index (χ0n) is 10.6. The summed E-state index contributed by atoms with van der Waals surface area (Å²) in [7, 11) is -3.50. The molecule has 19 heavy (non-hydrogen) atoms. The van der Waals surface area contributed by atoms with Gasteiger partial charge in [0.15, 0.2) is 0 Å². The standard InChI is InChI=1S/C13H15ClN2O2S/c1-13(10-15)5-7-16(8-6-13)19(17,18)12-4-2-3-11(14)9-12/h2-4,9H,5-8H2,1H3. The highest BCUT2D eigenvalue weighted by atomic mass is 35.5. The Hall–Kier alpha value is -1.09. The highest BCUT2D eigenvalue weighted by molar-refractivity contribution is 7.89. The molecule has 0 spiro atoms. The summed E-state index contributed by atoms with van der Waals surface area (Å²) in [6.07, 6.45) is 1.12. The van der Waals surface area contributed by atoms with Gasteiger partial charge < -0.3 is 0 Å². The zero-order valence-corrected chi connectivity index (χ0v) is 12.2. The van der Waals surface area contributed by atoms with Crippen molar-refractivity contribution in [3.63, 3.8) is 0 Å². The average Bonchev–Trinajstić information content (AvgIpc) is 2.39. The van der Waals surface area contributed by atoms with Crippen LogP contribution in [0.15, 0.2) is 29.2 Å². The Morgan fingerprint density at radius 3 is 2.53 bits per heavy atom. The first kappa shape index (κ1) is 14.3. The van der Waals surface area contributed by atoms with Gasteiger partial charge in [-0.15, -0.1) is 0 Å². The van der Waals surface area contributed by atoms with Crippen molar-refractivity contribution in [1.82, 2.24) is 4.31 Å². The normalized spacial score (nSPS) is 19.8. The van der Waals surface area contributed by atoms with Crippen LogP contribution < -0.4 is 0 Å². The van der Waals surface area contributed by atoms with Gasteiger partial charge in [-0.3, -0.25) is 0 Å². The van der Waals surface area contributed by atoms with Crippen molar-refractivity contribution in [2.75, 3.05) is 13.1 Å². The van der Waals surface area contributed by atoms with Crippen LogP contribution in [-0.2, 0) is 10.0 Å². The number of sulfonamides is 1. The molecule has 0 bridgehead atoms. The first-order valence-corrected chi connectivity index (χ1v) is 7.86. The van der Waals surface area contributed by atoms with Gasteiger partial charge in [0.05, 0.1) is 16.4 Å². The van der Waals surface area contributed by atoms with Gasteiger partial charge in [0.2, 0.25) is 10.0 Å². The highest BCUT2D eigenvalue weighted by Gasteiger charge is 2.35. The Labute approximate surface area is 118 Å². The fourth-order valence-corrected chi connectivity index (χ4v) is 3.85. The SMILES string of the molecule is CC1(C#N)CCN(S(=O)(=O)c2cccc(Cl)c2)CC1. The van der Waals surface area contributed by atoms with Crippen LogP contribution in [0, 0.1) is 16.7 Å². The van der Waals surface area contributed by atoms with E-state index >= 15 is 0 Å². The fourth-order valence-electron chi connectivity index (χ4n) is 2.11. The van der Waals surface area contributed by atoms with Gasteiger partial charge >= 0.3 is 0 Å². The van der Waals surface area contributed by atoms with Crippen LogP contribution in [0.5, 0.6) is 0 Å². The third-order valence-electron chi connectivity index (χ3n) is 3.53. The molecule has 4 nitrogen and oxygen atoms in total. The molecule has 2 rings (SSSR count). The third kappa shape index (κ3) is 2.92. The molecular weight excluding hydrogens is 284 g/mol. The van der Waals surface area contributed by atoms with Gasteiger partial charge in [-0.25, -0.2) is 8.42 Å². The minimum Gasteiger partial charge on any atom is -0.207 e. The summed E-state index contributed by atoms with van der Waals surface area (Å²) in [5, 5.41) is 9.46. The smallest absolute Gasteiger partial charge is 0.207 e. The van der Waals surface area contributed by atoms with E-state index in [1.807, 2.05) is 6.92 Å². The van der Waals surface area contributed by atoms with E-state index in [-0.39, 0.29) is 4.90 Å². The first-order chi connectivity index (χ1) is 8.87. The fraction of sp³-hybridized carbons (Fsp3) is 0.462. The predicted octanol–water partition coefficient (Wildman–Crippen LogP) is 2.65. The van der Waals surface area contributed by atoms with E-state index < -0.39 is 15.4 Å². The summed E-state index contributed by atoms with van der Waals surface area (Å²) in [4.78, 5) is 0.209. The summed E-state index contributed by atoms with van der Waals surface area (Å²) in [6, 6.07) is 8.52. The molecule has 0 amide bonds. The minimum absolute atomic E-state index is 0.209. The molecule has 102 valence electrons. The number of nitrogens with zero attached hydrogens (tertiary/aromatic N) is 2. The number of hydrogen-bond acceptors (Lipinski definition) is 3. The van der Waals surface area contributed by atoms with E-state index in [0.29, 0.717) is 31.0 Å². The quantitative estimate of drug-likeness (QED) is 0.843. The summed E-state index contributed by atoms with van der Waals surface area (Å²) < 4.78 is 26.3. The van der Waals surface area contributed by atoms with Gasteiger partial charge in [-0.2, -0.15) is 9.57 Å². The third-order valence-corrected chi connectivity index (χ3v) is 5.66. The Morgan fingerprint density at radius 2 is 2.00 bits per heavy atom. The molecule has 1 aliphatic rings. The van der Waals surface area contributed by atoms with Crippen LogP contribution in [0.3, 0.4) is 0 Å². The number of rotatable bonds is 2. The summed E-state index contributed by atoms with van der Waals surface area (Å²) in [5.74, 6) is 0.